The molecule has 0 saturated carbocycles. The first-order valence-electron chi connectivity index (χ1n) is 9.51. The first kappa shape index (κ1) is 21.5. The van der Waals surface area contributed by atoms with Crippen LogP contribution in [-0.4, -0.2) is 24.2 Å². The molecule has 0 fully saturated rings. The molecule has 21 heavy (non-hydrogen) atoms. The molecule has 0 heterocycles. The van der Waals surface area contributed by atoms with Gasteiger partial charge in [-0.15, -0.1) is 0 Å². The molecule has 0 aromatic heterocycles. The van der Waals surface area contributed by atoms with Crippen LogP contribution < -0.4 is 0 Å². The second kappa shape index (κ2) is 13.0. The van der Waals surface area contributed by atoms with Crippen molar-refractivity contribution >= 4 is 24.2 Å². The number of ketones is 1. The predicted octanol–water partition coefficient (Wildman–Crippen LogP) is 6.84. The molecule has 0 N–H and O–H groups in total. The van der Waals surface area contributed by atoms with Gasteiger partial charge in [-0.2, -0.15) is 0 Å². The summed E-state index contributed by atoms with van der Waals surface area (Å²) < 4.78 is 5.97. The second-order valence-electron chi connectivity index (χ2n) is 7.45. The molecule has 0 aliphatic heterocycles. The molecule has 0 radical (unpaired) electrons. The predicted molar refractivity (Wildman–Crippen MR) is 98.8 cm³/mol. The molecule has 0 atom stereocenters. The van der Waals surface area contributed by atoms with Crippen LogP contribution in [0.25, 0.3) is 0 Å². The van der Waals surface area contributed by atoms with Gasteiger partial charge in [0.25, 0.3) is 0 Å². The average Bonchev–Trinajstić information content (AvgIpc) is 2.45. The first-order valence-corrected chi connectivity index (χ1v) is 17.6. The molecule has 0 amide bonds. The van der Waals surface area contributed by atoms with Crippen molar-refractivity contribution in [1.29, 1.82) is 0 Å². The Morgan fingerprint density at radius 3 is 1.57 bits per heavy atom. The van der Waals surface area contributed by atoms with E-state index < -0.39 is 18.4 Å². The van der Waals surface area contributed by atoms with E-state index >= 15 is 0 Å². The van der Waals surface area contributed by atoms with Crippen LogP contribution in [0.2, 0.25) is 17.7 Å². The number of carbonyl (C=O) groups excluding carboxylic acids is 1. The molecule has 0 aromatic carbocycles. The zero-order valence-corrected chi connectivity index (χ0v) is 18.3. The van der Waals surface area contributed by atoms with E-state index in [1.165, 1.54) is 43.0 Å². The molecule has 0 aliphatic rings. The molecule has 1 nitrogen and oxygen atoms in total. The van der Waals surface area contributed by atoms with E-state index in [2.05, 4.69) is 34.6 Å². The summed E-state index contributed by atoms with van der Waals surface area (Å²) in [6.45, 7) is 11.3. The van der Waals surface area contributed by atoms with Crippen LogP contribution >= 0.6 is 0 Å². The average molecular weight is 403 g/mol. The fraction of sp³-hybridized carbons (Fsp3) is 0.947. The molecule has 0 aromatic rings. The minimum absolute atomic E-state index is 0.532. The molecule has 0 spiro atoms. The fourth-order valence-electron chi connectivity index (χ4n) is 3.37. The van der Waals surface area contributed by atoms with Gasteiger partial charge in [0.15, 0.2) is 0 Å². The fourth-order valence-corrected chi connectivity index (χ4v) is 19.4. The van der Waals surface area contributed by atoms with Crippen LogP contribution in [0.3, 0.4) is 0 Å². The van der Waals surface area contributed by atoms with Gasteiger partial charge >= 0.3 is 139 Å². The summed E-state index contributed by atoms with van der Waals surface area (Å²) in [7, 11) is 0. The van der Waals surface area contributed by atoms with E-state index in [-0.39, 0.29) is 0 Å². The van der Waals surface area contributed by atoms with Crippen molar-refractivity contribution in [3.63, 3.8) is 0 Å². The summed E-state index contributed by atoms with van der Waals surface area (Å²) in [5.41, 5.74) is 0. The number of rotatable bonds is 14. The third kappa shape index (κ3) is 10.8. The summed E-state index contributed by atoms with van der Waals surface area (Å²) in [4.78, 5) is 12.2. The second-order valence-corrected chi connectivity index (χ2v) is 21.7. The molecule has 126 valence electrons. The van der Waals surface area contributed by atoms with E-state index in [0.29, 0.717) is 11.7 Å². The van der Waals surface area contributed by atoms with Crippen molar-refractivity contribution in [3.8, 4) is 0 Å². The minimum atomic E-state index is -2.04. The van der Waals surface area contributed by atoms with Gasteiger partial charge < -0.3 is 0 Å². The summed E-state index contributed by atoms with van der Waals surface area (Å²) in [6, 6.07) is 0. The number of carbonyl (C=O) groups is 1. The van der Waals surface area contributed by atoms with E-state index in [9.17, 15) is 4.79 Å². The Morgan fingerprint density at radius 1 is 0.810 bits per heavy atom. The Bertz CT molecular complexity index is 239. The van der Waals surface area contributed by atoms with Crippen molar-refractivity contribution in [2.24, 2.45) is 5.92 Å². The molecule has 0 aliphatic carbocycles. The van der Waals surface area contributed by atoms with Gasteiger partial charge in [-0.25, -0.2) is 0 Å². The molecule has 2 heteroatoms. The number of Topliss-reactive ketones (excluding diaryl/α,β-unsaturated/α-hetero) is 1. The van der Waals surface area contributed by atoms with Crippen LogP contribution in [0.15, 0.2) is 0 Å². The zero-order valence-electron chi connectivity index (χ0n) is 15.5. The third-order valence-corrected chi connectivity index (χ3v) is 20.6. The Labute approximate surface area is 138 Å². The van der Waals surface area contributed by atoms with Crippen molar-refractivity contribution in [3.05, 3.63) is 0 Å². The molecular formula is C19H40OSn. The summed E-state index contributed by atoms with van der Waals surface area (Å²) in [5, 5.41) is 0. The van der Waals surface area contributed by atoms with E-state index in [0.717, 1.165) is 12.8 Å². The molecule has 0 saturated heterocycles. The van der Waals surface area contributed by atoms with Gasteiger partial charge in [0, 0.05) is 0 Å². The third-order valence-electron chi connectivity index (χ3n) is 4.75. The van der Waals surface area contributed by atoms with Crippen LogP contribution in [0.4, 0.5) is 0 Å². The molecular weight excluding hydrogens is 363 g/mol. The van der Waals surface area contributed by atoms with E-state index in [4.69, 9.17) is 0 Å². The van der Waals surface area contributed by atoms with Crippen LogP contribution in [0.1, 0.15) is 86.0 Å². The van der Waals surface area contributed by atoms with Gasteiger partial charge in [0.05, 0.1) is 0 Å². The first-order chi connectivity index (χ1) is 9.99. The summed E-state index contributed by atoms with van der Waals surface area (Å²) in [6.07, 6.45) is 9.96. The van der Waals surface area contributed by atoms with E-state index in [1.807, 2.05) is 0 Å². The summed E-state index contributed by atoms with van der Waals surface area (Å²) >= 11 is -2.04. The standard InChI is InChI=1S/C7H13O.3C4H9.Sn/c1-4-7(8)5-6(2)3;3*1-3-4-2;/h6H,1,4-5H2,2-3H3;3*1,3-4H2,2H3;. The number of unbranched alkanes of at least 4 members (excludes halogenated alkanes) is 3. The Balaban J connectivity index is 4.65. The van der Waals surface area contributed by atoms with E-state index in [1.54, 1.807) is 13.3 Å². The normalized spacial score (nSPS) is 12.1. The van der Waals surface area contributed by atoms with Crippen molar-refractivity contribution in [2.75, 3.05) is 0 Å². The Hall–Kier alpha value is 0.469. The number of hydrogen-bond acceptors (Lipinski definition) is 1. The quantitative estimate of drug-likeness (QED) is 0.290. The van der Waals surface area contributed by atoms with Crippen molar-refractivity contribution in [2.45, 2.75) is 104 Å². The maximum atomic E-state index is 12.2. The molecule has 0 bridgehead atoms. The van der Waals surface area contributed by atoms with Gasteiger partial charge in [-0.1, -0.05) is 0 Å². The van der Waals surface area contributed by atoms with Crippen LogP contribution in [-0.2, 0) is 4.79 Å². The van der Waals surface area contributed by atoms with Gasteiger partial charge in [0.1, 0.15) is 0 Å². The molecule has 0 unspecified atom stereocenters. The topological polar surface area (TPSA) is 17.1 Å². The summed E-state index contributed by atoms with van der Waals surface area (Å²) in [5.74, 6) is 1.07. The van der Waals surface area contributed by atoms with Gasteiger partial charge in [-0.05, 0) is 0 Å². The van der Waals surface area contributed by atoms with Gasteiger partial charge in [0.2, 0.25) is 0 Å². The van der Waals surface area contributed by atoms with Gasteiger partial charge in [-0.3, -0.25) is 0 Å². The Morgan fingerprint density at radius 2 is 1.24 bits per heavy atom. The maximum absolute atomic E-state index is 12.2. The SMILES string of the molecule is CCC[CH2][Sn]([CH2]CCC)([CH2]CCC)[CH2]CC(=O)CC(C)C. The monoisotopic (exact) mass is 404 g/mol. The molecule has 0 rings (SSSR count). The van der Waals surface area contributed by atoms with Crippen molar-refractivity contribution in [1.82, 2.24) is 0 Å². The zero-order chi connectivity index (χ0) is 16.1. The van der Waals surface area contributed by atoms with Crippen molar-refractivity contribution < 1.29 is 4.79 Å². The van der Waals surface area contributed by atoms with Crippen LogP contribution in [0, 0.1) is 5.92 Å². The number of hydrogen-bond donors (Lipinski definition) is 0. The Kier molecular flexibility index (Phi) is 13.2. The van der Waals surface area contributed by atoms with Crippen LogP contribution in [0.5, 0.6) is 0 Å².